The van der Waals surface area contributed by atoms with Crippen molar-refractivity contribution in [1.29, 1.82) is 0 Å². The topological polar surface area (TPSA) is 46.5 Å². The molecule has 0 bridgehead atoms. The molecular formula is C12H14O3. The smallest absolute Gasteiger partial charge is 0.307 e. The van der Waals surface area contributed by atoms with Crippen LogP contribution in [-0.2, 0) is 4.79 Å². The first-order chi connectivity index (χ1) is 7.13. The monoisotopic (exact) mass is 206 g/mol. The summed E-state index contributed by atoms with van der Waals surface area (Å²) in [7, 11) is 1.63. The van der Waals surface area contributed by atoms with Gasteiger partial charge in [0.2, 0.25) is 0 Å². The van der Waals surface area contributed by atoms with Gasteiger partial charge in [-0.2, -0.15) is 0 Å². The normalized spacial score (nSPS) is 23.6. The lowest BCUT2D eigenvalue weighted by atomic mass is 10.0. The Balaban J connectivity index is 2.21. The second kappa shape index (κ2) is 3.57. The number of aliphatic carboxylic acids is 1. The molecule has 0 radical (unpaired) electrons. The van der Waals surface area contributed by atoms with Gasteiger partial charge in [-0.15, -0.1) is 0 Å². The van der Waals surface area contributed by atoms with E-state index >= 15 is 0 Å². The Morgan fingerprint density at radius 3 is 2.73 bits per heavy atom. The molecule has 15 heavy (non-hydrogen) atoms. The summed E-state index contributed by atoms with van der Waals surface area (Å²) in [4.78, 5) is 10.8. The molecular weight excluding hydrogens is 192 g/mol. The maximum absolute atomic E-state index is 10.8. The maximum atomic E-state index is 10.8. The summed E-state index contributed by atoms with van der Waals surface area (Å²) < 4.78 is 5.11. The van der Waals surface area contributed by atoms with Gasteiger partial charge in [-0.3, -0.25) is 4.79 Å². The predicted molar refractivity (Wildman–Crippen MR) is 56.2 cm³/mol. The standard InChI is InChI=1S/C12H14O3/c1-7-5-8(15-2)3-4-9(7)10-6-11(10)12(13)14/h3-5,10-11H,6H2,1-2H3,(H,13,14)/t10-,11+/m0/s1. The van der Waals surface area contributed by atoms with Crippen LogP contribution in [0.5, 0.6) is 5.75 Å². The summed E-state index contributed by atoms with van der Waals surface area (Å²) >= 11 is 0. The third-order valence-corrected chi connectivity index (χ3v) is 2.98. The van der Waals surface area contributed by atoms with Crippen molar-refractivity contribution in [2.24, 2.45) is 5.92 Å². The number of methoxy groups -OCH3 is 1. The first kappa shape index (κ1) is 10.0. The SMILES string of the molecule is COc1ccc([C@@H]2C[C@H]2C(=O)O)c(C)c1. The molecule has 1 aromatic rings. The van der Waals surface area contributed by atoms with E-state index in [4.69, 9.17) is 9.84 Å². The number of ether oxygens (including phenoxy) is 1. The number of carboxylic acid groups (broad SMARTS) is 1. The summed E-state index contributed by atoms with van der Waals surface area (Å²) in [5.41, 5.74) is 2.26. The van der Waals surface area contributed by atoms with Crippen molar-refractivity contribution in [1.82, 2.24) is 0 Å². The van der Waals surface area contributed by atoms with E-state index < -0.39 is 5.97 Å². The van der Waals surface area contributed by atoms with Gasteiger partial charge in [0.25, 0.3) is 0 Å². The molecule has 0 spiro atoms. The van der Waals surface area contributed by atoms with Crippen LogP contribution in [0.1, 0.15) is 23.5 Å². The molecule has 0 saturated heterocycles. The van der Waals surface area contributed by atoms with E-state index in [1.54, 1.807) is 7.11 Å². The van der Waals surface area contributed by atoms with E-state index in [0.29, 0.717) is 0 Å². The van der Waals surface area contributed by atoms with Crippen LogP contribution in [0, 0.1) is 12.8 Å². The highest BCUT2D eigenvalue weighted by atomic mass is 16.5. The molecule has 0 aliphatic heterocycles. The zero-order valence-electron chi connectivity index (χ0n) is 8.86. The van der Waals surface area contributed by atoms with Crippen LogP contribution in [0.3, 0.4) is 0 Å². The fraction of sp³-hybridized carbons (Fsp3) is 0.417. The lowest BCUT2D eigenvalue weighted by Crippen LogP contribution is -1.99. The van der Waals surface area contributed by atoms with Gasteiger partial charge in [-0.25, -0.2) is 0 Å². The Bertz CT molecular complexity index is 398. The number of hydrogen-bond acceptors (Lipinski definition) is 2. The van der Waals surface area contributed by atoms with Crippen molar-refractivity contribution >= 4 is 5.97 Å². The minimum atomic E-state index is -0.685. The highest BCUT2D eigenvalue weighted by Crippen LogP contribution is 2.48. The molecule has 1 saturated carbocycles. The lowest BCUT2D eigenvalue weighted by molar-refractivity contribution is -0.138. The van der Waals surface area contributed by atoms with E-state index in [2.05, 4.69) is 0 Å². The predicted octanol–water partition coefficient (Wildman–Crippen LogP) is 2.19. The summed E-state index contributed by atoms with van der Waals surface area (Å²) in [6, 6.07) is 5.81. The Morgan fingerprint density at radius 2 is 2.27 bits per heavy atom. The van der Waals surface area contributed by atoms with E-state index in [1.807, 2.05) is 25.1 Å². The van der Waals surface area contributed by atoms with Crippen LogP contribution in [0.25, 0.3) is 0 Å². The Kier molecular flexibility index (Phi) is 2.39. The molecule has 2 rings (SSSR count). The van der Waals surface area contributed by atoms with Gasteiger partial charge in [0.05, 0.1) is 13.0 Å². The summed E-state index contributed by atoms with van der Waals surface area (Å²) in [6.07, 6.45) is 0.766. The van der Waals surface area contributed by atoms with Gasteiger partial charge < -0.3 is 9.84 Å². The van der Waals surface area contributed by atoms with E-state index in [9.17, 15) is 4.79 Å². The average Bonchev–Trinajstić information content (AvgIpc) is 2.97. The van der Waals surface area contributed by atoms with Crippen LogP contribution < -0.4 is 4.74 Å². The maximum Gasteiger partial charge on any atom is 0.307 e. The zero-order valence-corrected chi connectivity index (χ0v) is 8.86. The molecule has 2 atom stereocenters. The van der Waals surface area contributed by atoms with Crippen molar-refractivity contribution in [2.75, 3.05) is 7.11 Å². The van der Waals surface area contributed by atoms with Crippen molar-refractivity contribution in [3.8, 4) is 5.75 Å². The first-order valence-corrected chi connectivity index (χ1v) is 5.01. The fourth-order valence-corrected chi connectivity index (χ4v) is 2.00. The van der Waals surface area contributed by atoms with E-state index in [-0.39, 0.29) is 11.8 Å². The number of rotatable bonds is 3. The number of benzene rings is 1. The van der Waals surface area contributed by atoms with E-state index in [1.165, 1.54) is 0 Å². The molecule has 3 nitrogen and oxygen atoms in total. The van der Waals surface area contributed by atoms with Gasteiger partial charge in [-0.1, -0.05) is 6.07 Å². The third-order valence-electron chi connectivity index (χ3n) is 2.98. The molecule has 1 aliphatic carbocycles. The quantitative estimate of drug-likeness (QED) is 0.824. The van der Waals surface area contributed by atoms with Crippen molar-refractivity contribution < 1.29 is 14.6 Å². The fourth-order valence-electron chi connectivity index (χ4n) is 2.00. The average molecular weight is 206 g/mol. The minimum absolute atomic E-state index is 0.183. The van der Waals surface area contributed by atoms with Gasteiger partial charge in [0, 0.05) is 0 Å². The Labute approximate surface area is 88.7 Å². The van der Waals surface area contributed by atoms with Crippen molar-refractivity contribution in [3.63, 3.8) is 0 Å². The first-order valence-electron chi connectivity index (χ1n) is 5.01. The number of hydrogen-bond donors (Lipinski definition) is 1. The Hall–Kier alpha value is -1.51. The van der Waals surface area contributed by atoms with Crippen molar-refractivity contribution in [3.05, 3.63) is 29.3 Å². The van der Waals surface area contributed by atoms with Gasteiger partial charge in [0.15, 0.2) is 0 Å². The van der Waals surface area contributed by atoms with Crippen LogP contribution in [0.4, 0.5) is 0 Å². The van der Waals surface area contributed by atoms with Gasteiger partial charge >= 0.3 is 5.97 Å². The third kappa shape index (κ3) is 1.82. The van der Waals surface area contributed by atoms with Crippen molar-refractivity contribution in [2.45, 2.75) is 19.3 Å². The molecule has 1 N–H and O–H groups in total. The number of carboxylic acids is 1. The number of aryl methyl sites for hydroxylation is 1. The highest BCUT2D eigenvalue weighted by molar-refractivity contribution is 5.75. The second-order valence-corrected chi connectivity index (χ2v) is 4.01. The summed E-state index contributed by atoms with van der Waals surface area (Å²) in [5, 5.41) is 8.85. The molecule has 0 amide bonds. The molecule has 0 heterocycles. The molecule has 1 aromatic carbocycles. The molecule has 3 heteroatoms. The highest BCUT2D eigenvalue weighted by Gasteiger charge is 2.44. The second-order valence-electron chi connectivity index (χ2n) is 4.01. The van der Waals surface area contributed by atoms with Crippen LogP contribution >= 0.6 is 0 Å². The zero-order chi connectivity index (χ0) is 11.0. The van der Waals surface area contributed by atoms with Gasteiger partial charge in [0.1, 0.15) is 5.75 Å². The largest absolute Gasteiger partial charge is 0.497 e. The molecule has 80 valence electrons. The summed E-state index contributed by atoms with van der Waals surface area (Å²) in [6.45, 7) is 2.00. The van der Waals surface area contributed by atoms with Crippen LogP contribution in [-0.4, -0.2) is 18.2 Å². The lowest BCUT2D eigenvalue weighted by Gasteiger charge is -2.06. The summed E-state index contributed by atoms with van der Waals surface area (Å²) in [5.74, 6) is 0.157. The van der Waals surface area contributed by atoms with Crippen LogP contribution in [0.15, 0.2) is 18.2 Å². The minimum Gasteiger partial charge on any atom is -0.497 e. The molecule has 0 aromatic heterocycles. The number of carbonyl (C=O) groups is 1. The van der Waals surface area contributed by atoms with Gasteiger partial charge in [-0.05, 0) is 42.5 Å². The molecule has 1 fully saturated rings. The van der Waals surface area contributed by atoms with E-state index in [0.717, 1.165) is 23.3 Å². The molecule has 0 unspecified atom stereocenters. The Morgan fingerprint density at radius 1 is 1.53 bits per heavy atom. The van der Waals surface area contributed by atoms with Crippen LogP contribution in [0.2, 0.25) is 0 Å². The molecule has 1 aliphatic rings.